The molecule has 3 amide bonds. The Kier molecular flexibility index (Phi) is 7.50. The lowest BCUT2D eigenvalue weighted by Gasteiger charge is -2.21. The van der Waals surface area contributed by atoms with E-state index < -0.39 is 12.0 Å². The molecule has 7 heteroatoms. The number of carbonyl (C=O) groups excluding carboxylic acids is 2. The van der Waals surface area contributed by atoms with E-state index in [4.69, 9.17) is 5.11 Å². The van der Waals surface area contributed by atoms with Crippen molar-refractivity contribution in [3.8, 4) is 0 Å². The van der Waals surface area contributed by atoms with Crippen LogP contribution in [0, 0.1) is 0 Å². The van der Waals surface area contributed by atoms with Crippen molar-refractivity contribution in [1.82, 2.24) is 15.1 Å². The molecule has 0 aliphatic carbocycles. The smallest absolute Gasteiger partial charge is 0.317 e. The molecule has 0 atom stereocenters. The molecule has 0 radical (unpaired) electrons. The first kappa shape index (κ1) is 16.2. The molecule has 0 spiro atoms. The van der Waals surface area contributed by atoms with Crippen LogP contribution in [-0.2, 0) is 9.59 Å². The molecule has 0 heterocycles. The number of aliphatic carboxylic acids is 1. The summed E-state index contributed by atoms with van der Waals surface area (Å²) in [5.41, 5.74) is 0. The number of hydrogen-bond acceptors (Lipinski definition) is 3. The number of likely N-dealkylation sites (N-methyl/N-ethyl adjacent to an activating group) is 1. The highest BCUT2D eigenvalue weighted by molar-refractivity contribution is 5.84. The first-order valence-electron chi connectivity index (χ1n) is 5.90. The zero-order valence-electron chi connectivity index (χ0n) is 11.1. The Labute approximate surface area is 107 Å². The van der Waals surface area contributed by atoms with Gasteiger partial charge in [-0.2, -0.15) is 0 Å². The summed E-state index contributed by atoms with van der Waals surface area (Å²) >= 11 is 0. The molecular formula is C11H21N3O4. The van der Waals surface area contributed by atoms with Gasteiger partial charge in [0.25, 0.3) is 0 Å². The van der Waals surface area contributed by atoms with Gasteiger partial charge in [-0.1, -0.05) is 0 Å². The minimum atomic E-state index is -0.956. The van der Waals surface area contributed by atoms with Crippen LogP contribution >= 0.6 is 0 Å². The number of carboxylic acid groups (broad SMARTS) is 1. The third-order valence-corrected chi connectivity index (χ3v) is 2.56. The Bertz CT molecular complexity index is 307. The number of hydrogen-bond donors (Lipinski definition) is 2. The third-order valence-electron chi connectivity index (χ3n) is 2.56. The van der Waals surface area contributed by atoms with Crippen LogP contribution < -0.4 is 5.32 Å². The molecule has 0 aromatic heterocycles. The van der Waals surface area contributed by atoms with Gasteiger partial charge in [0, 0.05) is 26.7 Å². The van der Waals surface area contributed by atoms with Gasteiger partial charge in [0.05, 0.1) is 13.0 Å². The molecule has 0 aliphatic heterocycles. The van der Waals surface area contributed by atoms with Crippen LogP contribution in [0.15, 0.2) is 0 Å². The zero-order valence-corrected chi connectivity index (χ0v) is 11.1. The predicted molar refractivity (Wildman–Crippen MR) is 66.2 cm³/mol. The normalized spacial score (nSPS) is 9.72. The lowest BCUT2D eigenvalue weighted by atomic mass is 10.4. The molecule has 7 nitrogen and oxygen atoms in total. The van der Waals surface area contributed by atoms with E-state index in [1.807, 2.05) is 6.92 Å². The molecule has 0 unspecified atom stereocenters. The Morgan fingerprint density at radius 2 is 1.78 bits per heavy atom. The number of nitrogens with zero attached hydrogens (tertiary/aromatic N) is 2. The van der Waals surface area contributed by atoms with E-state index in [1.165, 1.54) is 9.80 Å². The third kappa shape index (κ3) is 6.07. The molecule has 0 rings (SSSR count). The SMILES string of the molecule is CCN(C)C(=O)CNC(=O)N(CC)CCC(=O)O. The van der Waals surface area contributed by atoms with Gasteiger partial charge in [0.15, 0.2) is 0 Å². The Morgan fingerprint density at radius 3 is 2.22 bits per heavy atom. The van der Waals surface area contributed by atoms with Crippen LogP contribution in [0.1, 0.15) is 20.3 Å². The minimum Gasteiger partial charge on any atom is -0.481 e. The molecule has 0 aromatic carbocycles. The summed E-state index contributed by atoms with van der Waals surface area (Å²) in [6, 6.07) is -0.420. The molecule has 0 bridgehead atoms. The van der Waals surface area contributed by atoms with Crippen LogP contribution in [0.2, 0.25) is 0 Å². The summed E-state index contributed by atoms with van der Waals surface area (Å²) in [6.07, 6.45) is -0.107. The molecule has 0 saturated carbocycles. The summed E-state index contributed by atoms with van der Waals surface area (Å²) in [5, 5.41) is 11.0. The fourth-order valence-electron chi connectivity index (χ4n) is 1.21. The highest BCUT2D eigenvalue weighted by Crippen LogP contribution is 1.93. The number of carbonyl (C=O) groups is 3. The van der Waals surface area contributed by atoms with Gasteiger partial charge in [0.1, 0.15) is 0 Å². The maximum Gasteiger partial charge on any atom is 0.317 e. The van der Waals surface area contributed by atoms with Crippen molar-refractivity contribution < 1.29 is 19.5 Å². The van der Waals surface area contributed by atoms with E-state index in [0.717, 1.165) is 0 Å². The van der Waals surface area contributed by atoms with Gasteiger partial charge in [0.2, 0.25) is 5.91 Å². The second-order valence-corrected chi connectivity index (χ2v) is 3.79. The van der Waals surface area contributed by atoms with Crippen LogP contribution in [-0.4, -0.2) is 66.0 Å². The van der Waals surface area contributed by atoms with Crippen LogP contribution in [0.3, 0.4) is 0 Å². The lowest BCUT2D eigenvalue weighted by molar-refractivity contribution is -0.137. The largest absolute Gasteiger partial charge is 0.481 e. The lowest BCUT2D eigenvalue weighted by Crippen LogP contribution is -2.45. The maximum absolute atomic E-state index is 11.7. The van der Waals surface area contributed by atoms with Crippen molar-refractivity contribution in [2.24, 2.45) is 0 Å². The molecular weight excluding hydrogens is 238 g/mol. The summed E-state index contributed by atoms with van der Waals surface area (Å²) in [5.74, 6) is -1.14. The van der Waals surface area contributed by atoms with Crippen molar-refractivity contribution in [2.75, 3.05) is 33.2 Å². The van der Waals surface area contributed by atoms with E-state index in [0.29, 0.717) is 13.1 Å². The van der Waals surface area contributed by atoms with Gasteiger partial charge < -0.3 is 20.2 Å². The van der Waals surface area contributed by atoms with E-state index in [1.54, 1.807) is 14.0 Å². The summed E-state index contributed by atoms with van der Waals surface area (Å²) in [6.45, 7) is 4.62. The number of carboxylic acids is 1. The second-order valence-electron chi connectivity index (χ2n) is 3.79. The average molecular weight is 259 g/mol. The van der Waals surface area contributed by atoms with Gasteiger partial charge in [-0.3, -0.25) is 9.59 Å². The van der Waals surface area contributed by atoms with Crippen LogP contribution in [0.25, 0.3) is 0 Å². The van der Waals surface area contributed by atoms with Crippen molar-refractivity contribution in [3.63, 3.8) is 0 Å². The number of urea groups is 1. The van der Waals surface area contributed by atoms with E-state index in [-0.39, 0.29) is 25.4 Å². The highest BCUT2D eigenvalue weighted by atomic mass is 16.4. The molecule has 18 heavy (non-hydrogen) atoms. The molecule has 104 valence electrons. The topological polar surface area (TPSA) is 90.0 Å². The molecule has 0 fully saturated rings. The Morgan fingerprint density at radius 1 is 1.17 bits per heavy atom. The van der Waals surface area contributed by atoms with Crippen molar-refractivity contribution in [3.05, 3.63) is 0 Å². The van der Waals surface area contributed by atoms with Gasteiger partial charge in [-0.15, -0.1) is 0 Å². The summed E-state index contributed by atoms with van der Waals surface area (Å²) < 4.78 is 0. The molecule has 0 aromatic rings. The monoisotopic (exact) mass is 259 g/mol. The average Bonchev–Trinajstić information content (AvgIpc) is 2.35. The molecule has 0 saturated heterocycles. The fraction of sp³-hybridized carbons (Fsp3) is 0.727. The van der Waals surface area contributed by atoms with Crippen molar-refractivity contribution >= 4 is 17.9 Å². The summed E-state index contributed by atoms with van der Waals surface area (Å²) in [7, 11) is 1.65. The number of rotatable bonds is 7. The minimum absolute atomic E-state index is 0.0766. The van der Waals surface area contributed by atoms with Gasteiger partial charge in [-0.25, -0.2) is 4.79 Å². The predicted octanol–water partition coefficient (Wildman–Crippen LogP) is -0.0291. The van der Waals surface area contributed by atoms with Crippen LogP contribution in [0.4, 0.5) is 4.79 Å². The first-order valence-corrected chi connectivity index (χ1v) is 5.90. The second kappa shape index (κ2) is 8.32. The molecule has 2 N–H and O–H groups in total. The Balaban J connectivity index is 4.12. The quantitative estimate of drug-likeness (QED) is 0.672. The maximum atomic E-state index is 11.7. The number of nitrogens with one attached hydrogen (secondary N) is 1. The van der Waals surface area contributed by atoms with Crippen molar-refractivity contribution in [1.29, 1.82) is 0 Å². The van der Waals surface area contributed by atoms with E-state index in [9.17, 15) is 14.4 Å². The fourth-order valence-corrected chi connectivity index (χ4v) is 1.21. The standard InChI is InChI=1S/C11H21N3O4/c1-4-13(3)9(15)8-12-11(18)14(5-2)7-6-10(16)17/h4-8H2,1-3H3,(H,12,18)(H,16,17). The summed E-state index contributed by atoms with van der Waals surface area (Å²) in [4.78, 5) is 36.4. The zero-order chi connectivity index (χ0) is 14.1. The highest BCUT2D eigenvalue weighted by Gasteiger charge is 2.14. The van der Waals surface area contributed by atoms with Gasteiger partial charge in [-0.05, 0) is 13.8 Å². The Hall–Kier alpha value is -1.79. The van der Waals surface area contributed by atoms with Gasteiger partial charge >= 0.3 is 12.0 Å². The number of amides is 3. The van der Waals surface area contributed by atoms with Crippen LogP contribution in [0.5, 0.6) is 0 Å². The molecule has 0 aliphatic rings. The first-order chi connectivity index (χ1) is 8.42. The van der Waals surface area contributed by atoms with E-state index in [2.05, 4.69) is 5.32 Å². The van der Waals surface area contributed by atoms with Crippen molar-refractivity contribution in [2.45, 2.75) is 20.3 Å². The van der Waals surface area contributed by atoms with E-state index >= 15 is 0 Å².